The van der Waals surface area contributed by atoms with Gasteiger partial charge in [0.05, 0.1) is 17.1 Å². The van der Waals surface area contributed by atoms with Gasteiger partial charge < -0.3 is 9.73 Å². The Labute approximate surface area is 112 Å². The smallest absolute Gasteiger partial charge is 0.250 e. The van der Waals surface area contributed by atoms with E-state index in [1.54, 1.807) is 0 Å². The van der Waals surface area contributed by atoms with Crippen LogP contribution in [0.1, 0.15) is 18.7 Å². The molecular weight excluding hydrogens is 276 g/mol. The highest BCUT2D eigenvalue weighted by Crippen LogP contribution is 2.27. The lowest BCUT2D eigenvalue weighted by atomic mass is 10.2. The highest BCUT2D eigenvalue weighted by atomic mass is 35.5. The van der Waals surface area contributed by atoms with Crippen molar-refractivity contribution in [2.24, 2.45) is 0 Å². The summed E-state index contributed by atoms with van der Waals surface area (Å²) in [5.74, 6) is -1.14. The largest absolute Gasteiger partial charge is 0.419 e. The Morgan fingerprint density at radius 2 is 2.05 bits per heavy atom. The van der Waals surface area contributed by atoms with Gasteiger partial charge in [0, 0.05) is 6.04 Å². The van der Waals surface area contributed by atoms with E-state index in [1.165, 1.54) is 0 Å². The van der Waals surface area contributed by atoms with Crippen molar-refractivity contribution in [3.05, 3.63) is 34.7 Å². The van der Waals surface area contributed by atoms with E-state index >= 15 is 0 Å². The van der Waals surface area contributed by atoms with E-state index in [9.17, 15) is 8.78 Å². The standard InChI is InChI=1S/C12H10ClF2N3O/c13-8-4-9(14)7(3-10(8)15)12-18-17-11(19-12)5-16-6-1-2-6/h3-4,6,16H,1-2,5H2. The van der Waals surface area contributed by atoms with Crippen LogP contribution in [-0.4, -0.2) is 16.2 Å². The van der Waals surface area contributed by atoms with Crippen LogP contribution in [0.5, 0.6) is 0 Å². The summed E-state index contributed by atoms with van der Waals surface area (Å²) in [7, 11) is 0. The average Bonchev–Trinajstić information content (AvgIpc) is 3.09. The molecule has 1 aromatic carbocycles. The van der Waals surface area contributed by atoms with E-state index in [0.29, 0.717) is 18.5 Å². The van der Waals surface area contributed by atoms with Gasteiger partial charge >= 0.3 is 0 Å². The van der Waals surface area contributed by atoms with Crippen molar-refractivity contribution in [1.29, 1.82) is 0 Å². The van der Waals surface area contributed by atoms with Crippen LogP contribution in [0.25, 0.3) is 11.5 Å². The molecule has 0 radical (unpaired) electrons. The van der Waals surface area contributed by atoms with E-state index in [4.69, 9.17) is 16.0 Å². The number of halogens is 3. The average molecular weight is 286 g/mol. The predicted octanol–water partition coefficient (Wildman–Crippen LogP) is 2.92. The van der Waals surface area contributed by atoms with Gasteiger partial charge in [0.2, 0.25) is 5.89 Å². The molecule has 0 amide bonds. The van der Waals surface area contributed by atoms with Gasteiger partial charge in [0.15, 0.2) is 0 Å². The Balaban J connectivity index is 1.83. The minimum atomic E-state index is -0.728. The maximum Gasteiger partial charge on any atom is 0.250 e. The third-order valence-electron chi connectivity index (χ3n) is 2.83. The quantitative estimate of drug-likeness (QED) is 0.878. The van der Waals surface area contributed by atoms with E-state index in [2.05, 4.69) is 15.5 Å². The van der Waals surface area contributed by atoms with Gasteiger partial charge in [-0.15, -0.1) is 10.2 Å². The van der Waals surface area contributed by atoms with Gasteiger partial charge in [-0.25, -0.2) is 8.78 Å². The normalized spacial score (nSPS) is 14.9. The molecule has 1 aliphatic rings. The zero-order valence-corrected chi connectivity index (χ0v) is 10.5. The molecule has 1 aliphatic carbocycles. The molecule has 7 heteroatoms. The first-order valence-electron chi connectivity index (χ1n) is 5.84. The molecule has 0 spiro atoms. The summed E-state index contributed by atoms with van der Waals surface area (Å²) in [5, 5.41) is 10.4. The molecule has 19 heavy (non-hydrogen) atoms. The van der Waals surface area contributed by atoms with E-state index in [0.717, 1.165) is 25.0 Å². The van der Waals surface area contributed by atoms with Crippen molar-refractivity contribution < 1.29 is 13.2 Å². The van der Waals surface area contributed by atoms with Crippen LogP contribution in [0.15, 0.2) is 16.5 Å². The van der Waals surface area contributed by atoms with Crippen molar-refractivity contribution in [1.82, 2.24) is 15.5 Å². The van der Waals surface area contributed by atoms with Crippen LogP contribution >= 0.6 is 11.6 Å². The summed E-state index contributed by atoms with van der Waals surface area (Å²) in [6, 6.07) is 2.34. The summed E-state index contributed by atoms with van der Waals surface area (Å²) in [6.07, 6.45) is 2.27. The molecule has 0 saturated heterocycles. The lowest BCUT2D eigenvalue weighted by molar-refractivity contribution is 0.473. The number of benzene rings is 1. The fraction of sp³-hybridized carbons (Fsp3) is 0.333. The zero-order chi connectivity index (χ0) is 13.4. The van der Waals surface area contributed by atoms with Crippen LogP contribution in [-0.2, 0) is 6.54 Å². The summed E-state index contributed by atoms with van der Waals surface area (Å²) < 4.78 is 32.3. The molecule has 1 N–H and O–H groups in total. The molecule has 0 aliphatic heterocycles. The van der Waals surface area contributed by atoms with E-state index in [1.807, 2.05) is 0 Å². The highest BCUT2D eigenvalue weighted by Gasteiger charge is 2.22. The Morgan fingerprint density at radius 1 is 1.26 bits per heavy atom. The molecule has 1 heterocycles. The molecule has 0 atom stereocenters. The second kappa shape index (κ2) is 4.86. The van der Waals surface area contributed by atoms with E-state index < -0.39 is 11.6 Å². The van der Waals surface area contributed by atoms with Crippen LogP contribution in [0.4, 0.5) is 8.78 Å². The fourth-order valence-electron chi connectivity index (χ4n) is 1.64. The first kappa shape index (κ1) is 12.5. The van der Waals surface area contributed by atoms with Crippen molar-refractivity contribution in [3.8, 4) is 11.5 Å². The van der Waals surface area contributed by atoms with Gasteiger partial charge in [-0.1, -0.05) is 11.6 Å². The lowest BCUT2D eigenvalue weighted by Gasteiger charge is -2.00. The number of rotatable bonds is 4. The second-order valence-corrected chi connectivity index (χ2v) is 4.81. The van der Waals surface area contributed by atoms with Crippen LogP contribution in [0.2, 0.25) is 5.02 Å². The van der Waals surface area contributed by atoms with Crippen molar-refractivity contribution in [2.75, 3.05) is 0 Å². The Bertz CT molecular complexity index is 613. The number of hydrogen-bond donors (Lipinski definition) is 1. The second-order valence-electron chi connectivity index (χ2n) is 4.40. The van der Waals surface area contributed by atoms with Crippen LogP contribution in [0.3, 0.4) is 0 Å². The monoisotopic (exact) mass is 285 g/mol. The van der Waals surface area contributed by atoms with Crippen molar-refractivity contribution in [3.63, 3.8) is 0 Å². The summed E-state index contributed by atoms with van der Waals surface area (Å²) in [4.78, 5) is 0. The van der Waals surface area contributed by atoms with Gasteiger partial charge in [-0.2, -0.15) is 0 Å². The fourth-order valence-corrected chi connectivity index (χ4v) is 1.79. The molecule has 2 aromatic rings. The van der Waals surface area contributed by atoms with Crippen LogP contribution in [0, 0.1) is 11.6 Å². The summed E-state index contributed by atoms with van der Waals surface area (Å²) >= 11 is 5.48. The molecule has 100 valence electrons. The number of aromatic nitrogens is 2. The molecular formula is C12H10ClF2N3O. The Morgan fingerprint density at radius 3 is 2.79 bits per heavy atom. The minimum Gasteiger partial charge on any atom is -0.419 e. The zero-order valence-electron chi connectivity index (χ0n) is 9.79. The maximum atomic E-state index is 13.7. The van der Waals surface area contributed by atoms with Crippen molar-refractivity contribution in [2.45, 2.75) is 25.4 Å². The molecule has 3 rings (SSSR count). The summed E-state index contributed by atoms with van der Waals surface area (Å²) in [6.45, 7) is 0.426. The van der Waals surface area contributed by atoms with Gasteiger partial charge in [-0.05, 0) is 25.0 Å². The number of hydrogen-bond acceptors (Lipinski definition) is 4. The first-order valence-corrected chi connectivity index (χ1v) is 6.22. The third kappa shape index (κ3) is 2.74. The molecule has 1 saturated carbocycles. The van der Waals surface area contributed by atoms with Gasteiger partial charge in [0.25, 0.3) is 5.89 Å². The molecule has 1 fully saturated rings. The van der Waals surface area contributed by atoms with Gasteiger partial charge in [-0.3, -0.25) is 0 Å². The highest BCUT2D eigenvalue weighted by molar-refractivity contribution is 6.30. The lowest BCUT2D eigenvalue weighted by Crippen LogP contribution is -2.15. The van der Waals surface area contributed by atoms with Gasteiger partial charge in [0.1, 0.15) is 11.6 Å². The molecule has 4 nitrogen and oxygen atoms in total. The first-order chi connectivity index (χ1) is 9.13. The third-order valence-corrected chi connectivity index (χ3v) is 3.12. The Kier molecular flexibility index (Phi) is 3.20. The number of nitrogens with zero attached hydrogens (tertiary/aromatic N) is 2. The molecule has 1 aromatic heterocycles. The van der Waals surface area contributed by atoms with Crippen LogP contribution < -0.4 is 5.32 Å². The van der Waals surface area contributed by atoms with E-state index in [-0.39, 0.29) is 16.5 Å². The van der Waals surface area contributed by atoms with Crippen molar-refractivity contribution >= 4 is 11.6 Å². The minimum absolute atomic E-state index is 0.0549. The Hall–Kier alpha value is -1.53. The molecule has 0 bridgehead atoms. The topological polar surface area (TPSA) is 51.0 Å². The summed E-state index contributed by atoms with van der Waals surface area (Å²) in [5.41, 5.74) is -0.0907. The SMILES string of the molecule is Fc1cc(-c2nnc(CNC3CC3)o2)c(F)cc1Cl. The number of nitrogens with one attached hydrogen (secondary N) is 1. The molecule has 0 unspecified atom stereocenters. The predicted molar refractivity (Wildman–Crippen MR) is 64.5 cm³/mol. The maximum absolute atomic E-state index is 13.7.